The second kappa shape index (κ2) is 8.91. The second-order valence-electron chi connectivity index (χ2n) is 4.84. The lowest BCUT2D eigenvalue weighted by Crippen LogP contribution is -2.40. The molecule has 0 saturated carbocycles. The van der Waals surface area contributed by atoms with Crippen LogP contribution in [0.3, 0.4) is 0 Å². The van der Waals surface area contributed by atoms with Crippen molar-refractivity contribution in [2.45, 2.75) is 27.2 Å². The lowest BCUT2D eigenvalue weighted by atomic mass is 10.2. The van der Waals surface area contributed by atoms with Gasteiger partial charge in [-0.3, -0.25) is 9.59 Å². The molecule has 0 spiro atoms. The molecule has 0 atom stereocenters. The summed E-state index contributed by atoms with van der Waals surface area (Å²) in [5, 5.41) is 0. The Hall–Kier alpha value is -1.10. The zero-order valence-corrected chi connectivity index (χ0v) is 12.2. The van der Waals surface area contributed by atoms with Crippen LogP contribution in [0.2, 0.25) is 0 Å². The topological polar surface area (TPSA) is 49.9 Å². The minimum atomic E-state index is -0.246. The normalized spacial score (nSPS) is 10.8. The summed E-state index contributed by atoms with van der Waals surface area (Å²) in [5.41, 5.74) is 0. The van der Waals surface area contributed by atoms with Gasteiger partial charge in [-0.25, -0.2) is 0 Å². The summed E-state index contributed by atoms with van der Waals surface area (Å²) < 4.78 is 4.87. The summed E-state index contributed by atoms with van der Waals surface area (Å²) in [5.74, 6) is -0.209. The van der Waals surface area contributed by atoms with Gasteiger partial charge in [0, 0.05) is 25.6 Å². The smallest absolute Gasteiger partial charge is 0.307 e. The van der Waals surface area contributed by atoms with Gasteiger partial charge in [-0.05, 0) is 21.0 Å². The molecule has 0 heterocycles. The number of amides is 1. The molecule has 1 amide bonds. The van der Waals surface area contributed by atoms with Crippen LogP contribution in [0.25, 0.3) is 0 Å². The van der Waals surface area contributed by atoms with E-state index in [1.807, 2.05) is 32.8 Å². The molecule has 0 aliphatic rings. The van der Waals surface area contributed by atoms with Crippen molar-refractivity contribution in [3.63, 3.8) is 0 Å². The predicted octanol–water partition coefficient (Wildman–Crippen LogP) is 0.986. The molecule has 0 unspecified atom stereocenters. The number of hydrogen-bond acceptors (Lipinski definition) is 4. The van der Waals surface area contributed by atoms with Crippen LogP contribution in [-0.4, -0.2) is 62.0 Å². The van der Waals surface area contributed by atoms with Gasteiger partial charge >= 0.3 is 5.97 Å². The summed E-state index contributed by atoms with van der Waals surface area (Å²) in [7, 11) is 3.92. The van der Waals surface area contributed by atoms with Gasteiger partial charge in [0.05, 0.1) is 13.0 Å². The fraction of sp³-hybridized carbons (Fsp3) is 0.846. The highest BCUT2D eigenvalue weighted by atomic mass is 16.5. The standard InChI is InChI=1S/C13H26N2O3/c1-6-18-12(16)7-8-15(10-9-14(4)5)13(17)11(2)3/h11H,6-10H2,1-5H3. The molecule has 0 aromatic heterocycles. The van der Waals surface area contributed by atoms with Gasteiger partial charge in [-0.2, -0.15) is 0 Å². The maximum atomic E-state index is 12.0. The largest absolute Gasteiger partial charge is 0.466 e. The molecule has 0 aromatic rings. The molecular formula is C13H26N2O3. The first-order chi connectivity index (χ1) is 8.38. The Morgan fingerprint density at radius 1 is 1.11 bits per heavy atom. The Morgan fingerprint density at radius 3 is 2.17 bits per heavy atom. The summed E-state index contributed by atoms with van der Waals surface area (Å²) in [6.45, 7) is 7.77. The third kappa shape index (κ3) is 7.27. The van der Waals surface area contributed by atoms with Crippen molar-refractivity contribution in [1.82, 2.24) is 9.80 Å². The Morgan fingerprint density at radius 2 is 1.72 bits per heavy atom. The highest BCUT2D eigenvalue weighted by molar-refractivity contribution is 5.79. The van der Waals surface area contributed by atoms with E-state index in [0.717, 1.165) is 6.54 Å². The van der Waals surface area contributed by atoms with E-state index in [4.69, 9.17) is 4.74 Å². The molecule has 0 N–H and O–H groups in total. The predicted molar refractivity (Wildman–Crippen MR) is 71.2 cm³/mol. The highest BCUT2D eigenvalue weighted by Gasteiger charge is 2.18. The van der Waals surface area contributed by atoms with Gasteiger partial charge in [0.15, 0.2) is 0 Å². The molecule has 5 nitrogen and oxygen atoms in total. The number of carbonyl (C=O) groups is 2. The molecule has 0 aromatic carbocycles. The zero-order chi connectivity index (χ0) is 14.1. The Kier molecular flexibility index (Phi) is 8.37. The van der Waals surface area contributed by atoms with Crippen molar-refractivity contribution in [3.05, 3.63) is 0 Å². The van der Waals surface area contributed by atoms with Crippen LogP contribution in [0, 0.1) is 5.92 Å². The first kappa shape index (κ1) is 16.9. The van der Waals surface area contributed by atoms with Gasteiger partial charge in [0.2, 0.25) is 5.91 Å². The minimum absolute atomic E-state index is 0.0469. The van der Waals surface area contributed by atoms with E-state index in [9.17, 15) is 9.59 Å². The number of ether oxygens (including phenoxy) is 1. The van der Waals surface area contributed by atoms with E-state index in [0.29, 0.717) is 19.7 Å². The Balaban J connectivity index is 4.29. The van der Waals surface area contributed by atoms with Crippen LogP contribution < -0.4 is 0 Å². The van der Waals surface area contributed by atoms with Crippen molar-refractivity contribution in [2.24, 2.45) is 5.92 Å². The van der Waals surface area contributed by atoms with Crippen molar-refractivity contribution in [1.29, 1.82) is 0 Å². The molecule has 5 heteroatoms. The number of likely N-dealkylation sites (N-methyl/N-ethyl adjacent to an activating group) is 1. The lowest BCUT2D eigenvalue weighted by molar-refractivity contribution is -0.144. The van der Waals surface area contributed by atoms with E-state index in [1.54, 1.807) is 11.8 Å². The van der Waals surface area contributed by atoms with Crippen molar-refractivity contribution in [3.8, 4) is 0 Å². The molecule has 106 valence electrons. The van der Waals surface area contributed by atoms with E-state index in [-0.39, 0.29) is 24.2 Å². The molecule has 0 rings (SSSR count). The highest BCUT2D eigenvalue weighted by Crippen LogP contribution is 2.03. The number of carbonyl (C=O) groups excluding carboxylic acids is 2. The van der Waals surface area contributed by atoms with Gasteiger partial charge in [0.1, 0.15) is 0 Å². The summed E-state index contributed by atoms with van der Waals surface area (Å²) in [4.78, 5) is 27.0. The molecule has 0 aliphatic carbocycles. The SMILES string of the molecule is CCOC(=O)CCN(CCN(C)C)C(=O)C(C)C. The summed E-state index contributed by atoms with van der Waals surface area (Å²) in [6.07, 6.45) is 0.264. The van der Waals surface area contributed by atoms with E-state index >= 15 is 0 Å². The average Bonchev–Trinajstić information content (AvgIpc) is 2.28. The molecule has 18 heavy (non-hydrogen) atoms. The lowest BCUT2D eigenvalue weighted by Gasteiger charge is -2.25. The molecule has 0 fully saturated rings. The molecule has 0 bridgehead atoms. The van der Waals surface area contributed by atoms with Crippen LogP contribution in [0.5, 0.6) is 0 Å². The Bertz CT molecular complexity index is 265. The third-order valence-corrected chi connectivity index (χ3v) is 2.51. The molecule has 0 radical (unpaired) electrons. The van der Waals surface area contributed by atoms with Gasteiger partial charge < -0.3 is 14.5 Å². The minimum Gasteiger partial charge on any atom is -0.466 e. The van der Waals surface area contributed by atoms with Crippen LogP contribution in [0.1, 0.15) is 27.2 Å². The molecule has 0 saturated heterocycles. The average molecular weight is 258 g/mol. The van der Waals surface area contributed by atoms with Crippen LogP contribution in [-0.2, 0) is 14.3 Å². The maximum Gasteiger partial charge on any atom is 0.307 e. The first-order valence-electron chi connectivity index (χ1n) is 6.47. The van der Waals surface area contributed by atoms with Crippen molar-refractivity contribution in [2.75, 3.05) is 40.3 Å². The summed E-state index contributed by atoms with van der Waals surface area (Å²) in [6, 6.07) is 0. The van der Waals surface area contributed by atoms with Gasteiger partial charge in [0.25, 0.3) is 0 Å². The van der Waals surface area contributed by atoms with Crippen LogP contribution >= 0.6 is 0 Å². The van der Waals surface area contributed by atoms with E-state index in [2.05, 4.69) is 0 Å². The molecular weight excluding hydrogens is 232 g/mol. The number of rotatable bonds is 8. The van der Waals surface area contributed by atoms with E-state index in [1.165, 1.54) is 0 Å². The van der Waals surface area contributed by atoms with Crippen molar-refractivity contribution < 1.29 is 14.3 Å². The van der Waals surface area contributed by atoms with E-state index < -0.39 is 0 Å². The quantitative estimate of drug-likeness (QED) is 0.609. The third-order valence-electron chi connectivity index (χ3n) is 2.51. The van der Waals surface area contributed by atoms with Crippen molar-refractivity contribution >= 4 is 11.9 Å². The van der Waals surface area contributed by atoms with Gasteiger partial charge in [-0.15, -0.1) is 0 Å². The van der Waals surface area contributed by atoms with Crippen LogP contribution in [0.15, 0.2) is 0 Å². The van der Waals surface area contributed by atoms with Gasteiger partial charge in [-0.1, -0.05) is 13.8 Å². The summed E-state index contributed by atoms with van der Waals surface area (Å²) >= 11 is 0. The maximum absolute atomic E-state index is 12.0. The number of nitrogens with zero attached hydrogens (tertiary/aromatic N) is 2. The zero-order valence-electron chi connectivity index (χ0n) is 12.2. The fourth-order valence-corrected chi connectivity index (χ4v) is 1.48. The first-order valence-corrected chi connectivity index (χ1v) is 6.47. The number of hydrogen-bond donors (Lipinski definition) is 0. The number of esters is 1. The molecule has 0 aliphatic heterocycles. The Labute approximate surface area is 110 Å². The second-order valence-corrected chi connectivity index (χ2v) is 4.84. The monoisotopic (exact) mass is 258 g/mol. The van der Waals surface area contributed by atoms with Crippen LogP contribution in [0.4, 0.5) is 0 Å². The fourth-order valence-electron chi connectivity index (χ4n) is 1.48.